The average Bonchev–Trinajstić information content (AvgIpc) is 2.81. The van der Waals surface area contributed by atoms with E-state index in [0.29, 0.717) is 10.6 Å². The van der Waals surface area contributed by atoms with Crippen molar-refractivity contribution in [3.8, 4) is 0 Å². The molecule has 3 heterocycles. The second-order valence-corrected chi connectivity index (χ2v) is 6.23. The number of hydrogen-bond acceptors (Lipinski definition) is 8. The Morgan fingerprint density at radius 1 is 1.50 bits per heavy atom. The number of thiophene rings is 1. The number of hydrogen-bond donors (Lipinski definition) is 0. The van der Waals surface area contributed by atoms with Crippen LogP contribution in [0.3, 0.4) is 0 Å². The molecule has 2 aromatic heterocycles. The van der Waals surface area contributed by atoms with Crippen molar-refractivity contribution < 1.29 is 44.2 Å². The molecule has 3 rings (SSSR count). The molecule has 1 aliphatic rings. The first-order chi connectivity index (χ1) is 8.20. The van der Waals surface area contributed by atoms with Crippen LogP contribution in [0, 0.1) is 0 Å². The summed E-state index contributed by atoms with van der Waals surface area (Å²) in [4.78, 5) is 16.0. The van der Waals surface area contributed by atoms with E-state index in [9.17, 15) is 9.90 Å². The predicted octanol–water partition coefficient (Wildman–Crippen LogP) is -1.36. The van der Waals surface area contributed by atoms with E-state index in [0.717, 1.165) is 14.4 Å². The van der Waals surface area contributed by atoms with Gasteiger partial charge in [0, 0.05) is 5.75 Å². The molecule has 0 aliphatic carbocycles. The van der Waals surface area contributed by atoms with E-state index < -0.39 is 5.97 Å². The maximum atomic E-state index is 11.6. The Morgan fingerprint density at radius 2 is 2.28 bits per heavy atom. The quantitative estimate of drug-likeness (QED) is 0.481. The van der Waals surface area contributed by atoms with Gasteiger partial charge in [0.15, 0.2) is 0 Å². The van der Waals surface area contributed by atoms with Crippen LogP contribution in [0.5, 0.6) is 0 Å². The van der Waals surface area contributed by atoms with Gasteiger partial charge in [-0.15, -0.1) is 11.3 Å². The van der Waals surface area contributed by atoms with Crippen LogP contribution in [0.25, 0.3) is 9.40 Å². The van der Waals surface area contributed by atoms with Crippen LogP contribution in [0.1, 0.15) is 9.67 Å². The molecule has 5 nitrogen and oxygen atoms in total. The Labute approximate surface area is 137 Å². The van der Waals surface area contributed by atoms with E-state index in [4.69, 9.17) is 4.74 Å². The van der Waals surface area contributed by atoms with Gasteiger partial charge in [0.25, 0.3) is 0 Å². The Balaban J connectivity index is 0.00000120. The van der Waals surface area contributed by atoms with E-state index in [1.54, 1.807) is 0 Å². The van der Waals surface area contributed by atoms with Crippen molar-refractivity contribution in [3.05, 3.63) is 4.88 Å². The van der Waals surface area contributed by atoms with Crippen LogP contribution in [0.4, 0.5) is 5.69 Å². The zero-order valence-electron chi connectivity index (χ0n) is 9.55. The molecule has 0 saturated heterocycles. The van der Waals surface area contributed by atoms with Crippen LogP contribution >= 0.6 is 34.6 Å². The maximum absolute atomic E-state index is 11.6. The second kappa shape index (κ2) is 5.48. The third-order valence-corrected chi connectivity index (χ3v) is 5.36. The fraction of sp³-hybridized carbons (Fsp3) is 0.222. The number of carbonyl (C=O) groups is 1. The first-order valence-electron chi connectivity index (χ1n) is 4.58. The molecular weight excluding hydrogens is 303 g/mol. The number of methoxy groups -OCH3 is 1. The Hall–Kier alpha value is -0.120. The summed E-state index contributed by atoms with van der Waals surface area (Å²) < 4.78 is 9.86. The molecule has 9 heteroatoms. The molecule has 18 heavy (non-hydrogen) atoms. The summed E-state index contributed by atoms with van der Waals surface area (Å²) in [6.45, 7) is 0. The largest absolute Gasteiger partial charge is 1.00 e. The first-order valence-corrected chi connectivity index (χ1v) is 7.16. The molecule has 0 amide bonds. The Kier molecular flexibility index (Phi) is 4.35. The number of esters is 1. The van der Waals surface area contributed by atoms with Crippen molar-refractivity contribution >= 4 is 61.6 Å². The summed E-state index contributed by atoms with van der Waals surface area (Å²) in [6, 6.07) is 0. The van der Waals surface area contributed by atoms with Gasteiger partial charge in [0.05, 0.1) is 18.2 Å². The molecule has 0 unspecified atom stereocenters. The SMILES string of the molecule is COC(=O)c1sc2snc3c2c1N=C([O-])CS3.[Na+]. The van der Waals surface area contributed by atoms with Gasteiger partial charge >= 0.3 is 35.5 Å². The van der Waals surface area contributed by atoms with Crippen LogP contribution < -0.4 is 34.7 Å². The van der Waals surface area contributed by atoms with Crippen LogP contribution in [0.2, 0.25) is 0 Å². The standard InChI is InChI=1S/C9H6N2O3S3.Na/c1-14-8(13)6-5-4-7(11-17-9(4)16-6)15-2-3(12)10-5;/h2H2,1H3,(H,10,12);/q;+1/p-1. The van der Waals surface area contributed by atoms with Crippen LogP contribution in [-0.4, -0.2) is 29.1 Å². The van der Waals surface area contributed by atoms with Crippen molar-refractivity contribution in [1.29, 1.82) is 0 Å². The van der Waals surface area contributed by atoms with E-state index in [1.165, 1.54) is 41.7 Å². The fourth-order valence-corrected chi connectivity index (χ4v) is 4.57. The second-order valence-electron chi connectivity index (χ2n) is 3.22. The zero-order chi connectivity index (χ0) is 12.0. The Morgan fingerprint density at radius 3 is 3.00 bits per heavy atom. The van der Waals surface area contributed by atoms with E-state index in [-0.39, 0.29) is 41.2 Å². The predicted molar refractivity (Wildman–Crippen MR) is 66.7 cm³/mol. The molecule has 88 valence electrons. The van der Waals surface area contributed by atoms with Gasteiger partial charge in [-0.25, -0.2) is 4.79 Å². The van der Waals surface area contributed by atoms with E-state index in [1.807, 2.05) is 0 Å². The summed E-state index contributed by atoms with van der Waals surface area (Å²) in [7, 11) is 1.31. The van der Waals surface area contributed by atoms with Gasteiger partial charge in [-0.2, -0.15) is 4.37 Å². The van der Waals surface area contributed by atoms with Gasteiger partial charge in [-0.1, -0.05) is 11.8 Å². The molecule has 2 aromatic rings. The summed E-state index contributed by atoms with van der Waals surface area (Å²) in [6.07, 6.45) is 0. The van der Waals surface area contributed by atoms with E-state index >= 15 is 0 Å². The zero-order valence-corrected chi connectivity index (χ0v) is 14.0. The van der Waals surface area contributed by atoms with Crippen molar-refractivity contribution in [1.82, 2.24) is 4.37 Å². The van der Waals surface area contributed by atoms with Crippen LogP contribution in [-0.2, 0) is 4.74 Å². The van der Waals surface area contributed by atoms with Gasteiger partial charge in [-0.05, 0) is 17.4 Å². The van der Waals surface area contributed by atoms with Crippen molar-refractivity contribution in [3.63, 3.8) is 0 Å². The molecular formula is C9H5N2NaO3S3. The van der Waals surface area contributed by atoms with Gasteiger partial charge in [0.2, 0.25) is 0 Å². The molecule has 0 spiro atoms. The minimum Gasteiger partial charge on any atom is -0.861 e. The molecule has 0 fully saturated rings. The third-order valence-electron chi connectivity index (χ3n) is 2.22. The number of nitrogens with zero attached hydrogens (tertiary/aromatic N) is 2. The molecule has 0 bridgehead atoms. The average molecular weight is 308 g/mol. The monoisotopic (exact) mass is 308 g/mol. The number of thioether (sulfide) groups is 1. The fourth-order valence-electron chi connectivity index (χ4n) is 1.51. The minimum absolute atomic E-state index is 0. The number of aliphatic imine (C=N–C) groups is 1. The number of carbonyl (C=O) groups excluding carboxylic acids is 1. The molecule has 0 N–H and O–H groups in total. The van der Waals surface area contributed by atoms with Crippen molar-refractivity contribution in [2.75, 3.05) is 12.9 Å². The molecule has 0 aromatic carbocycles. The number of ether oxygens (including phenoxy) is 1. The van der Waals surface area contributed by atoms with Gasteiger partial charge < -0.3 is 9.84 Å². The topological polar surface area (TPSA) is 74.6 Å². The smallest absolute Gasteiger partial charge is 0.861 e. The summed E-state index contributed by atoms with van der Waals surface area (Å²) in [5, 5.41) is 13.1. The molecule has 0 atom stereocenters. The molecule has 0 radical (unpaired) electrons. The summed E-state index contributed by atoms with van der Waals surface area (Å²) >= 11 is 3.96. The maximum Gasteiger partial charge on any atom is 1.00 e. The van der Waals surface area contributed by atoms with E-state index in [2.05, 4.69) is 9.37 Å². The first kappa shape index (κ1) is 14.3. The molecule has 1 aliphatic heterocycles. The Bertz CT molecular complexity index is 649. The summed E-state index contributed by atoms with van der Waals surface area (Å²) in [5.74, 6) is -0.440. The van der Waals surface area contributed by atoms with Crippen molar-refractivity contribution in [2.45, 2.75) is 5.03 Å². The number of rotatable bonds is 1. The van der Waals surface area contributed by atoms with Gasteiger partial charge in [-0.3, -0.25) is 4.99 Å². The summed E-state index contributed by atoms with van der Waals surface area (Å²) in [5.41, 5.74) is 0.426. The normalized spacial score (nSPS) is 13.7. The minimum atomic E-state index is -0.456. The van der Waals surface area contributed by atoms with Crippen LogP contribution in [0.15, 0.2) is 10.0 Å². The third kappa shape index (κ3) is 2.21. The molecule has 0 saturated carbocycles. The number of aromatic nitrogens is 1. The van der Waals surface area contributed by atoms with Crippen molar-refractivity contribution in [2.24, 2.45) is 4.99 Å². The van der Waals surface area contributed by atoms with Gasteiger partial charge in [0.1, 0.15) is 13.9 Å².